The van der Waals surface area contributed by atoms with Crippen molar-refractivity contribution >= 4 is 11.0 Å². The monoisotopic (exact) mass is 258 g/mol. The third-order valence-corrected chi connectivity index (χ3v) is 2.99. The topological polar surface area (TPSA) is 58.0 Å². The van der Waals surface area contributed by atoms with E-state index in [0.29, 0.717) is 17.6 Å². The number of fused-ring (bicyclic) bond motifs is 1. The zero-order valence-electron chi connectivity index (χ0n) is 9.93. The van der Waals surface area contributed by atoms with Crippen molar-refractivity contribution in [2.45, 2.75) is 6.54 Å². The Hall–Kier alpha value is -2.56. The van der Waals surface area contributed by atoms with E-state index in [1.165, 1.54) is 16.7 Å². The van der Waals surface area contributed by atoms with E-state index >= 15 is 0 Å². The molecule has 0 aliphatic rings. The molecule has 3 aromatic rings. The zero-order chi connectivity index (χ0) is 13.4. The fourth-order valence-electron chi connectivity index (χ4n) is 2.13. The van der Waals surface area contributed by atoms with E-state index in [0.717, 1.165) is 5.56 Å². The molecule has 4 nitrogen and oxygen atoms in total. The standard InChI is InChI=1S/C14H11FN2O2/c15-10-4-5-13-12(7-10)16-14(19)17(13)8-9-2-1-3-11(18)6-9/h1-7,18H,8H2,(H,16,19). The number of halogens is 1. The van der Waals surface area contributed by atoms with Crippen molar-refractivity contribution in [3.8, 4) is 5.75 Å². The molecule has 0 aliphatic heterocycles. The number of rotatable bonds is 2. The second-order valence-electron chi connectivity index (χ2n) is 4.35. The van der Waals surface area contributed by atoms with Crippen LogP contribution in [0.3, 0.4) is 0 Å². The van der Waals surface area contributed by atoms with Crippen molar-refractivity contribution in [2.24, 2.45) is 0 Å². The van der Waals surface area contributed by atoms with Gasteiger partial charge in [0.2, 0.25) is 0 Å². The van der Waals surface area contributed by atoms with Gasteiger partial charge in [0, 0.05) is 0 Å². The molecule has 5 heteroatoms. The van der Waals surface area contributed by atoms with Gasteiger partial charge in [0.1, 0.15) is 11.6 Å². The summed E-state index contributed by atoms with van der Waals surface area (Å²) in [7, 11) is 0. The molecule has 0 fully saturated rings. The van der Waals surface area contributed by atoms with Crippen molar-refractivity contribution in [3.05, 3.63) is 64.3 Å². The molecule has 0 bridgehead atoms. The maximum absolute atomic E-state index is 13.1. The molecule has 0 saturated carbocycles. The van der Waals surface area contributed by atoms with E-state index in [2.05, 4.69) is 4.98 Å². The van der Waals surface area contributed by atoms with Gasteiger partial charge >= 0.3 is 5.69 Å². The number of hydrogen-bond donors (Lipinski definition) is 2. The molecule has 0 atom stereocenters. The lowest BCUT2D eigenvalue weighted by molar-refractivity contribution is 0.474. The Bertz CT molecular complexity index is 805. The SMILES string of the molecule is O=c1[nH]c2cc(F)ccc2n1Cc1cccc(O)c1. The van der Waals surface area contributed by atoms with E-state index in [9.17, 15) is 14.3 Å². The third kappa shape index (κ3) is 2.10. The van der Waals surface area contributed by atoms with Crippen LogP contribution >= 0.6 is 0 Å². The molecule has 0 saturated heterocycles. The summed E-state index contributed by atoms with van der Waals surface area (Å²) in [4.78, 5) is 14.5. The van der Waals surface area contributed by atoms with Crippen LogP contribution in [0.15, 0.2) is 47.3 Å². The van der Waals surface area contributed by atoms with Crippen molar-refractivity contribution in [3.63, 3.8) is 0 Å². The van der Waals surface area contributed by atoms with Gasteiger partial charge < -0.3 is 10.1 Å². The fraction of sp³-hybridized carbons (Fsp3) is 0.0714. The highest BCUT2D eigenvalue weighted by Gasteiger charge is 2.08. The molecule has 0 aliphatic carbocycles. The molecule has 2 N–H and O–H groups in total. The number of nitrogens with one attached hydrogen (secondary N) is 1. The highest BCUT2D eigenvalue weighted by atomic mass is 19.1. The van der Waals surface area contributed by atoms with Gasteiger partial charge in [-0.1, -0.05) is 12.1 Å². The van der Waals surface area contributed by atoms with Crippen LogP contribution in [0.25, 0.3) is 11.0 Å². The Kier molecular flexibility index (Phi) is 2.59. The second-order valence-corrected chi connectivity index (χ2v) is 4.35. The van der Waals surface area contributed by atoms with Crippen LogP contribution in [-0.2, 0) is 6.54 Å². The number of imidazole rings is 1. The minimum Gasteiger partial charge on any atom is -0.508 e. The summed E-state index contributed by atoms with van der Waals surface area (Å²) in [5, 5.41) is 9.42. The Morgan fingerprint density at radius 3 is 2.84 bits per heavy atom. The average Bonchev–Trinajstić information content (AvgIpc) is 2.65. The first-order chi connectivity index (χ1) is 9.13. The molecule has 0 amide bonds. The fourth-order valence-corrected chi connectivity index (χ4v) is 2.13. The van der Waals surface area contributed by atoms with Crippen molar-refractivity contribution < 1.29 is 9.50 Å². The van der Waals surface area contributed by atoms with E-state index in [-0.39, 0.29) is 11.4 Å². The summed E-state index contributed by atoms with van der Waals surface area (Å²) >= 11 is 0. The minimum absolute atomic E-state index is 0.149. The minimum atomic E-state index is -0.391. The molecule has 3 rings (SSSR count). The van der Waals surface area contributed by atoms with Crippen LogP contribution in [0.5, 0.6) is 5.75 Å². The number of phenols is 1. The smallest absolute Gasteiger partial charge is 0.326 e. The summed E-state index contributed by atoms with van der Waals surface area (Å²) in [6.07, 6.45) is 0. The predicted molar refractivity (Wildman–Crippen MR) is 69.7 cm³/mol. The Morgan fingerprint density at radius 1 is 1.21 bits per heavy atom. The highest BCUT2D eigenvalue weighted by molar-refractivity contribution is 5.75. The van der Waals surface area contributed by atoms with Crippen LogP contribution in [-0.4, -0.2) is 14.7 Å². The Labute approximate surface area is 107 Å². The number of nitrogens with zero attached hydrogens (tertiary/aromatic N) is 1. The number of hydrogen-bond acceptors (Lipinski definition) is 2. The lowest BCUT2D eigenvalue weighted by atomic mass is 10.2. The molecule has 2 aromatic carbocycles. The first-order valence-electron chi connectivity index (χ1n) is 5.79. The second kappa shape index (κ2) is 4.28. The van der Waals surface area contributed by atoms with Crippen LogP contribution < -0.4 is 5.69 Å². The molecule has 0 spiro atoms. The summed E-state index contributed by atoms with van der Waals surface area (Å²) < 4.78 is 14.6. The highest BCUT2D eigenvalue weighted by Crippen LogP contribution is 2.15. The number of aromatic amines is 1. The summed E-state index contributed by atoms with van der Waals surface area (Å²) in [6, 6.07) is 10.8. The first-order valence-corrected chi connectivity index (χ1v) is 5.79. The molecular formula is C14H11FN2O2. The summed E-state index contributed by atoms with van der Waals surface area (Å²) in [6.45, 7) is 0.318. The number of aromatic hydroxyl groups is 1. The lowest BCUT2D eigenvalue weighted by Gasteiger charge is -2.04. The first kappa shape index (κ1) is 11.5. The van der Waals surface area contributed by atoms with Gasteiger partial charge in [-0.15, -0.1) is 0 Å². The zero-order valence-corrected chi connectivity index (χ0v) is 9.93. The number of phenolic OH excluding ortho intramolecular Hbond substituents is 1. The number of benzene rings is 2. The molecule has 1 heterocycles. The van der Waals surface area contributed by atoms with E-state index in [4.69, 9.17) is 0 Å². The predicted octanol–water partition coefficient (Wildman–Crippen LogP) is 2.22. The van der Waals surface area contributed by atoms with Crippen molar-refractivity contribution in [1.82, 2.24) is 9.55 Å². The van der Waals surface area contributed by atoms with Gasteiger partial charge in [-0.2, -0.15) is 0 Å². The Morgan fingerprint density at radius 2 is 2.05 bits per heavy atom. The third-order valence-electron chi connectivity index (χ3n) is 2.99. The Balaban J connectivity index is 2.10. The maximum atomic E-state index is 13.1. The quantitative estimate of drug-likeness (QED) is 0.740. The average molecular weight is 258 g/mol. The molecule has 1 aromatic heterocycles. The molecular weight excluding hydrogens is 247 g/mol. The largest absolute Gasteiger partial charge is 0.508 e. The van der Waals surface area contributed by atoms with Crippen LogP contribution in [0.4, 0.5) is 4.39 Å². The lowest BCUT2D eigenvalue weighted by Crippen LogP contribution is -2.17. The van der Waals surface area contributed by atoms with Crippen LogP contribution in [0.2, 0.25) is 0 Å². The van der Waals surface area contributed by atoms with Gasteiger partial charge in [0.15, 0.2) is 0 Å². The number of aromatic nitrogens is 2. The van der Waals surface area contributed by atoms with Crippen LogP contribution in [0.1, 0.15) is 5.56 Å². The van der Waals surface area contributed by atoms with Gasteiger partial charge in [0.25, 0.3) is 0 Å². The van der Waals surface area contributed by atoms with E-state index < -0.39 is 5.82 Å². The summed E-state index contributed by atoms with van der Waals surface area (Å²) in [5.41, 5.74) is 1.59. The summed E-state index contributed by atoms with van der Waals surface area (Å²) in [5.74, 6) is -0.241. The molecule has 0 radical (unpaired) electrons. The maximum Gasteiger partial charge on any atom is 0.326 e. The van der Waals surface area contributed by atoms with Gasteiger partial charge in [-0.05, 0) is 35.9 Å². The van der Waals surface area contributed by atoms with E-state index in [1.807, 2.05) is 6.07 Å². The normalized spacial score (nSPS) is 11.0. The van der Waals surface area contributed by atoms with Crippen molar-refractivity contribution in [2.75, 3.05) is 0 Å². The van der Waals surface area contributed by atoms with Crippen molar-refractivity contribution in [1.29, 1.82) is 0 Å². The number of H-pyrrole nitrogens is 1. The molecule has 96 valence electrons. The van der Waals surface area contributed by atoms with Gasteiger partial charge in [0.05, 0.1) is 17.6 Å². The van der Waals surface area contributed by atoms with Crippen LogP contribution in [0, 0.1) is 5.82 Å². The van der Waals surface area contributed by atoms with Gasteiger partial charge in [-0.25, -0.2) is 9.18 Å². The van der Waals surface area contributed by atoms with E-state index in [1.54, 1.807) is 24.3 Å². The molecule has 0 unspecified atom stereocenters. The molecule has 19 heavy (non-hydrogen) atoms. The van der Waals surface area contributed by atoms with Gasteiger partial charge in [-0.3, -0.25) is 4.57 Å².